The van der Waals surface area contributed by atoms with Crippen molar-refractivity contribution in [1.29, 1.82) is 0 Å². The van der Waals surface area contributed by atoms with Gasteiger partial charge >= 0.3 is 12.0 Å². The zero-order chi connectivity index (χ0) is 18.3. The molecule has 1 saturated carbocycles. The number of nitrogens with zero attached hydrogens (tertiary/aromatic N) is 1. The second kappa shape index (κ2) is 6.12. The van der Waals surface area contributed by atoms with Crippen molar-refractivity contribution < 1.29 is 19.1 Å². The Morgan fingerprint density at radius 1 is 1.19 bits per heavy atom. The number of urea groups is 1. The summed E-state index contributed by atoms with van der Waals surface area (Å²) in [7, 11) is 0. The number of nitrogens with one attached hydrogen (secondary N) is 1. The van der Waals surface area contributed by atoms with Gasteiger partial charge in [-0.3, -0.25) is 14.5 Å². The van der Waals surface area contributed by atoms with Gasteiger partial charge in [0.05, 0.1) is 0 Å². The van der Waals surface area contributed by atoms with Gasteiger partial charge in [0.15, 0.2) is 0 Å². The van der Waals surface area contributed by atoms with Gasteiger partial charge in [-0.1, -0.05) is 42.5 Å². The van der Waals surface area contributed by atoms with Crippen molar-refractivity contribution in [2.75, 3.05) is 6.54 Å². The first-order chi connectivity index (χ1) is 12.5. The van der Waals surface area contributed by atoms with Crippen LogP contribution < -0.4 is 5.32 Å². The molecule has 2 fully saturated rings. The maximum atomic E-state index is 12.5. The first kappa shape index (κ1) is 16.6. The van der Waals surface area contributed by atoms with Gasteiger partial charge in [-0.2, -0.15) is 0 Å². The van der Waals surface area contributed by atoms with Crippen molar-refractivity contribution in [2.24, 2.45) is 5.92 Å². The van der Waals surface area contributed by atoms with Crippen molar-refractivity contribution in [2.45, 2.75) is 31.9 Å². The number of hydrogen-bond acceptors (Lipinski definition) is 4. The van der Waals surface area contributed by atoms with E-state index in [1.54, 1.807) is 6.92 Å². The Bertz CT molecular complexity index is 900. The molecule has 3 amide bonds. The smallest absolute Gasteiger partial charge is 0.326 e. The second-order valence-electron chi connectivity index (χ2n) is 7.10. The molecule has 26 heavy (non-hydrogen) atoms. The fourth-order valence-corrected chi connectivity index (χ4v) is 3.55. The molecule has 2 aromatic rings. The monoisotopic (exact) mass is 352 g/mol. The minimum absolute atomic E-state index is 0.101. The van der Waals surface area contributed by atoms with E-state index in [0.717, 1.165) is 34.1 Å². The Morgan fingerprint density at radius 2 is 1.92 bits per heavy atom. The third-order valence-corrected chi connectivity index (χ3v) is 5.25. The van der Waals surface area contributed by atoms with Crippen LogP contribution in [0.2, 0.25) is 0 Å². The Labute approximate surface area is 151 Å². The molecule has 0 radical (unpaired) electrons. The van der Waals surface area contributed by atoms with Gasteiger partial charge in [0.1, 0.15) is 18.7 Å². The van der Waals surface area contributed by atoms with Gasteiger partial charge in [-0.15, -0.1) is 0 Å². The molecule has 1 heterocycles. The Morgan fingerprint density at radius 3 is 2.69 bits per heavy atom. The van der Waals surface area contributed by atoms with Crippen LogP contribution in [0.25, 0.3) is 10.8 Å². The van der Waals surface area contributed by atoms with Gasteiger partial charge < -0.3 is 10.1 Å². The molecular formula is C20H20N2O4. The lowest BCUT2D eigenvalue weighted by Crippen LogP contribution is -2.46. The van der Waals surface area contributed by atoms with Crippen LogP contribution in [0.4, 0.5) is 4.79 Å². The zero-order valence-corrected chi connectivity index (χ0v) is 14.5. The lowest BCUT2D eigenvalue weighted by atomic mass is 9.96. The van der Waals surface area contributed by atoms with E-state index >= 15 is 0 Å². The molecule has 0 unspecified atom stereocenters. The van der Waals surface area contributed by atoms with Crippen LogP contribution in [0.15, 0.2) is 42.5 Å². The van der Waals surface area contributed by atoms with Crippen molar-refractivity contribution in [3.63, 3.8) is 0 Å². The highest BCUT2D eigenvalue weighted by atomic mass is 16.5. The van der Waals surface area contributed by atoms with Gasteiger partial charge in [0.25, 0.3) is 5.91 Å². The quantitative estimate of drug-likeness (QED) is 0.663. The van der Waals surface area contributed by atoms with Crippen LogP contribution in [-0.2, 0) is 20.9 Å². The Hall–Kier alpha value is -2.89. The number of hydrogen-bond donors (Lipinski definition) is 1. The van der Waals surface area contributed by atoms with E-state index in [9.17, 15) is 14.4 Å². The number of rotatable bonds is 5. The molecule has 4 rings (SSSR count). The summed E-state index contributed by atoms with van der Waals surface area (Å²) in [6.45, 7) is 1.47. The maximum absolute atomic E-state index is 12.5. The maximum Gasteiger partial charge on any atom is 0.326 e. The van der Waals surface area contributed by atoms with Crippen LogP contribution in [0.5, 0.6) is 0 Å². The molecule has 134 valence electrons. The van der Waals surface area contributed by atoms with Gasteiger partial charge in [-0.05, 0) is 42.0 Å². The minimum Gasteiger partial charge on any atom is -0.459 e. The fraction of sp³-hybridized carbons (Fsp3) is 0.350. The Balaban J connectivity index is 1.41. The highest BCUT2D eigenvalue weighted by molar-refractivity contribution is 6.08. The van der Waals surface area contributed by atoms with Crippen molar-refractivity contribution in [1.82, 2.24) is 10.2 Å². The summed E-state index contributed by atoms with van der Waals surface area (Å²) in [5.74, 6) is -0.774. The van der Waals surface area contributed by atoms with E-state index in [2.05, 4.69) is 5.32 Å². The molecule has 6 heteroatoms. The lowest BCUT2D eigenvalue weighted by molar-refractivity contribution is -0.148. The number of amides is 3. The third kappa shape index (κ3) is 2.81. The lowest BCUT2D eigenvalue weighted by Gasteiger charge is -2.20. The largest absolute Gasteiger partial charge is 0.459 e. The summed E-state index contributed by atoms with van der Waals surface area (Å²) < 4.78 is 5.33. The summed E-state index contributed by atoms with van der Waals surface area (Å²) in [4.78, 5) is 37.8. The normalized spacial score (nSPS) is 22.6. The van der Waals surface area contributed by atoms with E-state index < -0.39 is 17.5 Å². The number of benzene rings is 2. The summed E-state index contributed by atoms with van der Waals surface area (Å²) >= 11 is 0. The first-order valence-corrected chi connectivity index (χ1v) is 8.75. The van der Waals surface area contributed by atoms with Crippen LogP contribution in [0.3, 0.4) is 0 Å². The minimum atomic E-state index is -0.882. The van der Waals surface area contributed by atoms with E-state index in [-0.39, 0.29) is 25.0 Å². The van der Waals surface area contributed by atoms with Crippen molar-refractivity contribution in [3.8, 4) is 0 Å². The molecule has 1 atom stereocenters. The number of ether oxygens (including phenoxy) is 1. The zero-order valence-electron chi connectivity index (χ0n) is 14.5. The summed E-state index contributed by atoms with van der Waals surface area (Å²) in [6.07, 6.45) is 1.84. The van der Waals surface area contributed by atoms with E-state index in [1.807, 2.05) is 42.5 Å². The summed E-state index contributed by atoms with van der Waals surface area (Å²) in [6, 6.07) is 13.1. The van der Waals surface area contributed by atoms with Crippen LogP contribution >= 0.6 is 0 Å². The SMILES string of the molecule is C[C@]1(C2CC2)NC(=O)N(CC(=O)OCc2cccc3ccccc23)C1=O. The average Bonchev–Trinajstić information content (AvgIpc) is 3.46. The molecule has 1 saturated heterocycles. The molecule has 2 aromatic carbocycles. The number of imide groups is 1. The summed E-state index contributed by atoms with van der Waals surface area (Å²) in [5.41, 5.74) is 0.00367. The molecule has 2 aliphatic rings. The van der Waals surface area contributed by atoms with E-state index in [1.165, 1.54) is 0 Å². The predicted octanol–water partition coefficient (Wildman–Crippen LogP) is 2.60. The van der Waals surface area contributed by atoms with Crippen LogP contribution in [0, 0.1) is 5.92 Å². The molecule has 1 aliphatic heterocycles. The fourth-order valence-electron chi connectivity index (χ4n) is 3.55. The predicted molar refractivity (Wildman–Crippen MR) is 95.1 cm³/mol. The average molecular weight is 352 g/mol. The van der Waals surface area contributed by atoms with Gasteiger partial charge in [0, 0.05) is 0 Å². The second-order valence-corrected chi connectivity index (χ2v) is 7.10. The highest BCUT2D eigenvalue weighted by Crippen LogP contribution is 2.42. The molecule has 0 spiro atoms. The Kier molecular flexibility index (Phi) is 3.90. The third-order valence-electron chi connectivity index (χ3n) is 5.25. The van der Waals surface area contributed by atoms with Gasteiger partial charge in [-0.25, -0.2) is 4.79 Å². The highest BCUT2D eigenvalue weighted by Gasteiger charge is 2.56. The topological polar surface area (TPSA) is 75.7 Å². The molecule has 1 N–H and O–H groups in total. The standard InChI is InChI=1S/C20H20N2O4/c1-20(15-9-10-15)18(24)22(19(25)21-20)11-17(23)26-12-14-7-4-6-13-5-2-3-8-16(13)14/h2-8,15H,9-12H2,1H3,(H,21,25)/t20-/m1/s1. The van der Waals surface area contributed by atoms with E-state index in [4.69, 9.17) is 4.74 Å². The number of carbonyl (C=O) groups is 3. The van der Waals surface area contributed by atoms with E-state index in [0.29, 0.717) is 0 Å². The number of fused-ring (bicyclic) bond motifs is 1. The molecule has 0 bridgehead atoms. The van der Waals surface area contributed by atoms with Gasteiger partial charge in [0.2, 0.25) is 0 Å². The number of carbonyl (C=O) groups excluding carboxylic acids is 3. The molecule has 6 nitrogen and oxygen atoms in total. The van der Waals surface area contributed by atoms with Crippen LogP contribution in [-0.4, -0.2) is 34.9 Å². The molecule has 1 aliphatic carbocycles. The van der Waals surface area contributed by atoms with Crippen LogP contribution in [0.1, 0.15) is 25.3 Å². The number of esters is 1. The summed E-state index contributed by atoms with van der Waals surface area (Å²) in [5, 5.41) is 4.80. The van der Waals surface area contributed by atoms with Crippen molar-refractivity contribution >= 4 is 28.7 Å². The molecular weight excluding hydrogens is 332 g/mol. The van der Waals surface area contributed by atoms with Crippen molar-refractivity contribution in [3.05, 3.63) is 48.0 Å². The first-order valence-electron chi connectivity index (χ1n) is 8.75. The molecule has 0 aromatic heterocycles.